The number of carbonyl (C=O) groups excluding carboxylic acids is 1. The Morgan fingerprint density at radius 2 is 2.04 bits per heavy atom. The standard InChI is InChI=1S/C15H13F3N4O3/c1-21-13(15(16,17)18)20-22(14(21)24)7-6-19-12(23)11-8-9-4-2-3-5-10(9)25-11/h2-5,8H,6-7H2,1H3,(H,19,23). The molecular weight excluding hydrogens is 341 g/mol. The van der Waals surface area contributed by atoms with Crippen LogP contribution in [0.3, 0.4) is 0 Å². The maximum atomic E-state index is 12.7. The fourth-order valence-electron chi connectivity index (χ4n) is 2.34. The van der Waals surface area contributed by atoms with E-state index in [0.29, 0.717) is 14.8 Å². The van der Waals surface area contributed by atoms with Crippen LogP contribution >= 0.6 is 0 Å². The Kier molecular flexibility index (Phi) is 4.11. The zero-order chi connectivity index (χ0) is 18.2. The van der Waals surface area contributed by atoms with E-state index in [-0.39, 0.29) is 18.8 Å². The number of carbonyl (C=O) groups is 1. The molecule has 0 bridgehead atoms. The van der Waals surface area contributed by atoms with Gasteiger partial charge in [0.2, 0.25) is 5.82 Å². The molecule has 1 aromatic carbocycles. The van der Waals surface area contributed by atoms with E-state index >= 15 is 0 Å². The number of furan rings is 1. The molecule has 0 aliphatic rings. The van der Waals surface area contributed by atoms with Crippen molar-refractivity contribution in [2.45, 2.75) is 12.7 Å². The van der Waals surface area contributed by atoms with Crippen LogP contribution in [-0.2, 0) is 19.8 Å². The first-order valence-corrected chi connectivity index (χ1v) is 7.25. The van der Waals surface area contributed by atoms with Gasteiger partial charge in [0.05, 0.1) is 6.54 Å². The molecule has 7 nitrogen and oxygen atoms in total. The normalized spacial score (nSPS) is 11.8. The summed E-state index contributed by atoms with van der Waals surface area (Å²) in [7, 11) is 0.988. The first-order valence-electron chi connectivity index (χ1n) is 7.25. The second-order valence-electron chi connectivity index (χ2n) is 5.29. The highest BCUT2D eigenvalue weighted by atomic mass is 19.4. The van der Waals surface area contributed by atoms with Crippen molar-refractivity contribution < 1.29 is 22.4 Å². The summed E-state index contributed by atoms with van der Waals surface area (Å²) in [6, 6.07) is 8.60. The van der Waals surface area contributed by atoms with Gasteiger partial charge in [-0.05, 0) is 12.1 Å². The highest BCUT2D eigenvalue weighted by Crippen LogP contribution is 2.25. The van der Waals surface area contributed by atoms with E-state index in [1.807, 2.05) is 0 Å². The number of amides is 1. The third-order valence-electron chi connectivity index (χ3n) is 3.55. The predicted molar refractivity (Wildman–Crippen MR) is 81.0 cm³/mol. The first-order chi connectivity index (χ1) is 11.8. The lowest BCUT2D eigenvalue weighted by Crippen LogP contribution is -2.31. The number of rotatable bonds is 4. The lowest BCUT2D eigenvalue weighted by molar-refractivity contribution is -0.147. The van der Waals surface area contributed by atoms with Gasteiger partial charge in [-0.3, -0.25) is 9.36 Å². The van der Waals surface area contributed by atoms with Gasteiger partial charge in [0.25, 0.3) is 5.91 Å². The minimum absolute atomic E-state index is 0.0746. The number of fused-ring (bicyclic) bond motifs is 1. The summed E-state index contributed by atoms with van der Waals surface area (Å²) in [5, 5.41) is 6.49. The molecule has 1 amide bonds. The smallest absolute Gasteiger partial charge is 0.451 e. The third kappa shape index (κ3) is 3.28. The number of para-hydroxylation sites is 1. The van der Waals surface area contributed by atoms with Crippen molar-refractivity contribution in [3.63, 3.8) is 0 Å². The average Bonchev–Trinajstić information content (AvgIpc) is 3.10. The Hall–Kier alpha value is -3.04. The summed E-state index contributed by atoms with van der Waals surface area (Å²) in [6.07, 6.45) is -4.73. The predicted octanol–water partition coefficient (Wildman–Crippen LogP) is 1.78. The molecule has 0 fully saturated rings. The van der Waals surface area contributed by atoms with E-state index in [9.17, 15) is 22.8 Å². The van der Waals surface area contributed by atoms with Crippen LogP contribution in [0.25, 0.3) is 11.0 Å². The fourth-order valence-corrected chi connectivity index (χ4v) is 2.34. The lowest BCUT2D eigenvalue weighted by atomic mass is 10.2. The zero-order valence-corrected chi connectivity index (χ0v) is 13.0. The molecule has 0 saturated heterocycles. The summed E-state index contributed by atoms with van der Waals surface area (Å²) >= 11 is 0. The molecule has 0 spiro atoms. The molecule has 132 valence electrons. The summed E-state index contributed by atoms with van der Waals surface area (Å²) in [4.78, 5) is 23.8. The van der Waals surface area contributed by atoms with Crippen molar-refractivity contribution in [1.29, 1.82) is 0 Å². The molecule has 3 aromatic rings. The molecule has 3 rings (SSSR count). The summed E-state index contributed by atoms with van der Waals surface area (Å²) in [5.41, 5.74) is -0.367. The molecule has 2 heterocycles. The van der Waals surface area contributed by atoms with E-state index in [1.54, 1.807) is 30.3 Å². The van der Waals surface area contributed by atoms with Crippen molar-refractivity contribution in [3.05, 3.63) is 52.4 Å². The van der Waals surface area contributed by atoms with Gasteiger partial charge >= 0.3 is 11.9 Å². The number of hydrogen-bond acceptors (Lipinski definition) is 4. The minimum atomic E-state index is -4.73. The molecule has 1 N–H and O–H groups in total. The van der Waals surface area contributed by atoms with Gasteiger partial charge in [0.15, 0.2) is 5.76 Å². The summed E-state index contributed by atoms with van der Waals surface area (Å²) < 4.78 is 44.5. The fraction of sp³-hybridized carbons (Fsp3) is 0.267. The van der Waals surface area contributed by atoms with Gasteiger partial charge in [0, 0.05) is 19.0 Å². The van der Waals surface area contributed by atoms with Crippen LogP contribution in [0, 0.1) is 0 Å². The van der Waals surface area contributed by atoms with Crippen LogP contribution in [0.4, 0.5) is 13.2 Å². The molecule has 25 heavy (non-hydrogen) atoms. The van der Waals surface area contributed by atoms with E-state index < -0.39 is 23.6 Å². The monoisotopic (exact) mass is 354 g/mol. The van der Waals surface area contributed by atoms with Gasteiger partial charge in [-0.1, -0.05) is 18.2 Å². The average molecular weight is 354 g/mol. The Morgan fingerprint density at radius 1 is 1.32 bits per heavy atom. The molecule has 0 saturated carbocycles. The minimum Gasteiger partial charge on any atom is -0.451 e. The zero-order valence-electron chi connectivity index (χ0n) is 13.0. The Bertz CT molecular complexity index is 951. The number of hydrogen-bond donors (Lipinski definition) is 1. The number of alkyl halides is 3. The molecule has 0 radical (unpaired) electrons. The molecule has 0 aliphatic carbocycles. The van der Waals surface area contributed by atoms with E-state index in [0.717, 1.165) is 12.4 Å². The maximum absolute atomic E-state index is 12.7. The van der Waals surface area contributed by atoms with Crippen LogP contribution in [0.5, 0.6) is 0 Å². The first kappa shape index (κ1) is 16.8. The van der Waals surface area contributed by atoms with Gasteiger partial charge in [-0.25, -0.2) is 9.48 Å². The largest absolute Gasteiger partial charge is 0.451 e. The topological polar surface area (TPSA) is 82.1 Å². The number of nitrogens with one attached hydrogen (secondary N) is 1. The second-order valence-corrected chi connectivity index (χ2v) is 5.29. The van der Waals surface area contributed by atoms with Crippen molar-refractivity contribution in [2.75, 3.05) is 6.54 Å². The van der Waals surface area contributed by atoms with Crippen LogP contribution < -0.4 is 11.0 Å². The second kappa shape index (κ2) is 6.11. The van der Waals surface area contributed by atoms with Crippen LogP contribution in [-0.4, -0.2) is 26.8 Å². The van der Waals surface area contributed by atoms with Gasteiger partial charge < -0.3 is 9.73 Å². The Balaban J connectivity index is 1.67. The van der Waals surface area contributed by atoms with Crippen LogP contribution in [0.2, 0.25) is 0 Å². The van der Waals surface area contributed by atoms with Gasteiger partial charge in [0.1, 0.15) is 5.58 Å². The quantitative estimate of drug-likeness (QED) is 0.774. The van der Waals surface area contributed by atoms with Gasteiger partial charge in [-0.15, -0.1) is 5.10 Å². The van der Waals surface area contributed by atoms with E-state index in [2.05, 4.69) is 10.4 Å². The molecule has 2 aromatic heterocycles. The Labute approximate surface area is 138 Å². The highest BCUT2D eigenvalue weighted by Gasteiger charge is 2.37. The van der Waals surface area contributed by atoms with E-state index in [1.165, 1.54) is 0 Å². The number of aromatic nitrogens is 3. The van der Waals surface area contributed by atoms with Crippen LogP contribution in [0.15, 0.2) is 39.5 Å². The van der Waals surface area contributed by atoms with E-state index in [4.69, 9.17) is 4.42 Å². The van der Waals surface area contributed by atoms with Gasteiger partial charge in [-0.2, -0.15) is 13.2 Å². The highest BCUT2D eigenvalue weighted by molar-refractivity contribution is 5.95. The number of nitrogens with zero attached hydrogens (tertiary/aromatic N) is 3. The SMILES string of the molecule is Cn1c(C(F)(F)F)nn(CCNC(=O)c2cc3ccccc3o2)c1=O. The molecule has 0 unspecified atom stereocenters. The summed E-state index contributed by atoms with van der Waals surface area (Å²) in [5.74, 6) is -1.75. The molecule has 0 aliphatic heterocycles. The Morgan fingerprint density at radius 3 is 2.68 bits per heavy atom. The molecule has 0 atom stereocenters. The van der Waals surface area contributed by atoms with Crippen molar-refractivity contribution >= 4 is 16.9 Å². The molecular formula is C15H13F3N4O3. The van der Waals surface area contributed by atoms with Crippen molar-refractivity contribution in [2.24, 2.45) is 7.05 Å². The lowest BCUT2D eigenvalue weighted by Gasteiger charge is -2.03. The number of halogens is 3. The third-order valence-corrected chi connectivity index (χ3v) is 3.55. The summed E-state index contributed by atoms with van der Waals surface area (Å²) in [6.45, 7) is -0.279. The van der Waals surface area contributed by atoms with Crippen LogP contribution in [0.1, 0.15) is 16.4 Å². The van der Waals surface area contributed by atoms with Crippen molar-refractivity contribution in [1.82, 2.24) is 19.7 Å². The maximum Gasteiger partial charge on any atom is 0.451 e. The number of benzene rings is 1. The van der Waals surface area contributed by atoms with Crippen molar-refractivity contribution in [3.8, 4) is 0 Å². The molecule has 10 heteroatoms.